The lowest BCUT2D eigenvalue weighted by molar-refractivity contribution is 0.0528. The van der Waals surface area contributed by atoms with Crippen LogP contribution in [-0.4, -0.2) is 24.8 Å². The molecule has 1 aromatic carbocycles. The zero-order valence-corrected chi connectivity index (χ0v) is 12.8. The predicted octanol–water partition coefficient (Wildman–Crippen LogP) is 3.00. The molecule has 130 valence electrons. The van der Waals surface area contributed by atoms with E-state index >= 15 is 0 Å². The highest BCUT2D eigenvalue weighted by atomic mass is 19.2. The molecule has 0 heterocycles. The molecule has 2 N–H and O–H groups in total. The normalized spacial score (nSPS) is 11.5. The van der Waals surface area contributed by atoms with Crippen LogP contribution in [0.4, 0.5) is 26.7 Å². The third-order valence-corrected chi connectivity index (χ3v) is 2.57. The molecule has 0 saturated carbocycles. The highest BCUT2D eigenvalue weighted by Crippen LogP contribution is 2.22. The minimum atomic E-state index is -2.20. The van der Waals surface area contributed by atoms with Crippen molar-refractivity contribution in [1.29, 1.82) is 0 Å². The molecular weight excluding hydrogens is 323 g/mol. The SMILES string of the molecule is CC(C)(C)OC(=O)NCCNCc1c(F)c(F)c(F)c(F)c1F. The molecule has 23 heavy (non-hydrogen) atoms. The van der Waals surface area contributed by atoms with Crippen LogP contribution in [-0.2, 0) is 11.3 Å². The van der Waals surface area contributed by atoms with Gasteiger partial charge in [0, 0.05) is 25.2 Å². The first kappa shape index (κ1) is 19.1. The summed E-state index contributed by atoms with van der Waals surface area (Å²) in [5.74, 6) is -9.95. The first-order valence-corrected chi connectivity index (χ1v) is 6.72. The maximum absolute atomic E-state index is 13.4. The summed E-state index contributed by atoms with van der Waals surface area (Å²) in [4.78, 5) is 11.3. The summed E-state index contributed by atoms with van der Waals surface area (Å²) in [6.07, 6.45) is -0.685. The summed E-state index contributed by atoms with van der Waals surface area (Å²) in [6.45, 7) is 4.53. The summed E-state index contributed by atoms with van der Waals surface area (Å²) < 4.78 is 70.5. The fourth-order valence-electron chi connectivity index (χ4n) is 1.59. The van der Waals surface area contributed by atoms with E-state index in [0.29, 0.717) is 0 Å². The van der Waals surface area contributed by atoms with Gasteiger partial charge in [0.25, 0.3) is 0 Å². The number of halogens is 5. The first-order valence-electron chi connectivity index (χ1n) is 6.72. The molecule has 0 saturated heterocycles. The average molecular weight is 340 g/mol. The van der Waals surface area contributed by atoms with Gasteiger partial charge < -0.3 is 15.4 Å². The third kappa shape index (κ3) is 5.34. The van der Waals surface area contributed by atoms with Crippen molar-refractivity contribution in [3.05, 3.63) is 34.6 Å². The minimum Gasteiger partial charge on any atom is -0.444 e. The maximum atomic E-state index is 13.4. The smallest absolute Gasteiger partial charge is 0.407 e. The van der Waals surface area contributed by atoms with E-state index in [4.69, 9.17) is 4.74 Å². The molecule has 0 aliphatic carbocycles. The molecule has 0 aromatic heterocycles. The molecule has 0 spiro atoms. The van der Waals surface area contributed by atoms with Crippen molar-refractivity contribution in [2.45, 2.75) is 32.9 Å². The Morgan fingerprint density at radius 2 is 1.39 bits per heavy atom. The van der Waals surface area contributed by atoms with Crippen LogP contribution in [0.5, 0.6) is 0 Å². The standard InChI is InChI=1S/C14H17F5N2O2/c1-14(2,3)23-13(22)21-5-4-20-6-7-8(15)10(17)12(19)11(18)9(7)16/h20H,4-6H2,1-3H3,(H,21,22). The molecule has 0 bridgehead atoms. The second kappa shape index (κ2) is 7.58. The Bertz CT molecular complexity index is 559. The van der Waals surface area contributed by atoms with Gasteiger partial charge in [-0.05, 0) is 20.8 Å². The van der Waals surface area contributed by atoms with E-state index in [1.54, 1.807) is 20.8 Å². The lowest BCUT2D eigenvalue weighted by Crippen LogP contribution is -2.36. The zero-order valence-electron chi connectivity index (χ0n) is 12.8. The van der Waals surface area contributed by atoms with Gasteiger partial charge in [0.1, 0.15) is 5.60 Å². The van der Waals surface area contributed by atoms with Crippen LogP contribution in [0.25, 0.3) is 0 Å². The lowest BCUT2D eigenvalue weighted by Gasteiger charge is -2.19. The Balaban J connectivity index is 2.50. The molecule has 1 rings (SSSR count). The molecule has 0 aliphatic heterocycles. The van der Waals surface area contributed by atoms with E-state index in [1.807, 2.05) is 0 Å². The van der Waals surface area contributed by atoms with Crippen LogP contribution in [0.1, 0.15) is 26.3 Å². The van der Waals surface area contributed by atoms with Gasteiger partial charge in [0.2, 0.25) is 5.82 Å². The van der Waals surface area contributed by atoms with E-state index in [9.17, 15) is 26.7 Å². The van der Waals surface area contributed by atoms with Gasteiger partial charge in [-0.1, -0.05) is 0 Å². The summed E-state index contributed by atoms with van der Waals surface area (Å²) in [7, 11) is 0. The summed E-state index contributed by atoms with van der Waals surface area (Å²) in [5, 5.41) is 4.84. The Morgan fingerprint density at radius 3 is 1.87 bits per heavy atom. The van der Waals surface area contributed by atoms with Crippen LogP contribution in [0.2, 0.25) is 0 Å². The number of benzene rings is 1. The number of ether oxygens (including phenoxy) is 1. The van der Waals surface area contributed by atoms with E-state index in [0.717, 1.165) is 0 Å². The molecule has 1 aromatic rings. The number of nitrogens with one attached hydrogen (secondary N) is 2. The second-order valence-electron chi connectivity index (χ2n) is 5.65. The summed E-state index contributed by atoms with van der Waals surface area (Å²) >= 11 is 0. The maximum Gasteiger partial charge on any atom is 0.407 e. The monoisotopic (exact) mass is 340 g/mol. The van der Waals surface area contributed by atoms with Gasteiger partial charge >= 0.3 is 6.09 Å². The summed E-state index contributed by atoms with van der Waals surface area (Å²) in [6, 6.07) is 0. The zero-order chi connectivity index (χ0) is 17.8. The molecule has 0 unspecified atom stereocenters. The quantitative estimate of drug-likeness (QED) is 0.375. The third-order valence-electron chi connectivity index (χ3n) is 2.57. The Kier molecular flexibility index (Phi) is 6.31. The van der Waals surface area contributed by atoms with Crippen molar-refractivity contribution in [3.8, 4) is 0 Å². The van der Waals surface area contributed by atoms with Gasteiger partial charge in [0.15, 0.2) is 23.3 Å². The predicted molar refractivity (Wildman–Crippen MR) is 72.2 cm³/mol. The highest BCUT2D eigenvalue weighted by Gasteiger charge is 2.25. The number of amides is 1. The fraction of sp³-hybridized carbons (Fsp3) is 0.500. The summed E-state index contributed by atoms with van der Waals surface area (Å²) in [5.41, 5.74) is -1.63. The fourth-order valence-corrected chi connectivity index (χ4v) is 1.59. The van der Waals surface area contributed by atoms with Gasteiger partial charge in [-0.2, -0.15) is 0 Å². The van der Waals surface area contributed by atoms with Crippen molar-refractivity contribution in [2.24, 2.45) is 0 Å². The number of alkyl carbamates (subject to hydrolysis) is 1. The van der Waals surface area contributed by atoms with Crippen molar-refractivity contribution in [1.82, 2.24) is 10.6 Å². The van der Waals surface area contributed by atoms with Gasteiger partial charge in [0.05, 0.1) is 0 Å². The van der Waals surface area contributed by atoms with Crippen molar-refractivity contribution in [2.75, 3.05) is 13.1 Å². The highest BCUT2D eigenvalue weighted by molar-refractivity contribution is 5.67. The van der Waals surface area contributed by atoms with Crippen LogP contribution in [0.3, 0.4) is 0 Å². The molecule has 0 fully saturated rings. The van der Waals surface area contributed by atoms with Gasteiger partial charge in [-0.15, -0.1) is 0 Å². The van der Waals surface area contributed by atoms with E-state index in [2.05, 4.69) is 10.6 Å². The number of carbonyl (C=O) groups excluding carboxylic acids is 1. The van der Waals surface area contributed by atoms with Crippen LogP contribution in [0.15, 0.2) is 0 Å². The van der Waals surface area contributed by atoms with E-state index in [1.165, 1.54) is 0 Å². The number of hydrogen-bond donors (Lipinski definition) is 2. The molecule has 0 radical (unpaired) electrons. The molecule has 4 nitrogen and oxygen atoms in total. The van der Waals surface area contributed by atoms with E-state index in [-0.39, 0.29) is 13.1 Å². The molecule has 1 amide bonds. The van der Waals surface area contributed by atoms with Gasteiger partial charge in [-0.3, -0.25) is 0 Å². The Morgan fingerprint density at radius 1 is 0.913 bits per heavy atom. The molecular formula is C14H17F5N2O2. The number of rotatable bonds is 5. The van der Waals surface area contributed by atoms with Crippen molar-refractivity contribution >= 4 is 6.09 Å². The largest absolute Gasteiger partial charge is 0.444 e. The average Bonchev–Trinajstić information content (AvgIpc) is 2.44. The number of hydrogen-bond acceptors (Lipinski definition) is 3. The molecule has 0 atom stereocenters. The van der Waals surface area contributed by atoms with Crippen LogP contribution < -0.4 is 10.6 Å². The van der Waals surface area contributed by atoms with Crippen LogP contribution >= 0.6 is 0 Å². The first-order chi connectivity index (χ1) is 10.5. The Hall–Kier alpha value is -1.90. The second-order valence-corrected chi connectivity index (χ2v) is 5.65. The Labute approximate surface area is 130 Å². The minimum absolute atomic E-state index is 0.0404. The van der Waals surface area contributed by atoms with Gasteiger partial charge in [-0.25, -0.2) is 26.7 Å². The molecule has 9 heteroatoms. The number of carbonyl (C=O) groups is 1. The topological polar surface area (TPSA) is 50.4 Å². The van der Waals surface area contributed by atoms with Crippen LogP contribution in [0, 0.1) is 29.1 Å². The molecule has 0 aliphatic rings. The van der Waals surface area contributed by atoms with Crippen molar-refractivity contribution in [3.63, 3.8) is 0 Å². The van der Waals surface area contributed by atoms with E-state index < -0.39 is 52.9 Å². The van der Waals surface area contributed by atoms with Crippen molar-refractivity contribution < 1.29 is 31.5 Å². The lowest BCUT2D eigenvalue weighted by atomic mass is 10.1.